The summed E-state index contributed by atoms with van der Waals surface area (Å²) in [6.07, 6.45) is 3.05. The minimum Gasteiger partial charge on any atom is -0.443 e. The molecule has 0 aromatic heterocycles. The molecule has 168 valence electrons. The topological polar surface area (TPSA) is 67.9 Å². The van der Waals surface area contributed by atoms with Crippen LogP contribution < -0.4 is 5.43 Å². The number of nitrogens with zero attached hydrogens (tertiary/aromatic N) is 1. The molecule has 0 unspecified atom stereocenters. The quantitative estimate of drug-likeness (QED) is 0.484. The van der Waals surface area contributed by atoms with Crippen molar-refractivity contribution in [3.05, 3.63) is 83.4 Å². The average Bonchev–Trinajstić information content (AvgIpc) is 2.82. The zero-order valence-corrected chi connectivity index (χ0v) is 18.6. The molecule has 0 aliphatic heterocycles. The van der Waals surface area contributed by atoms with Crippen molar-refractivity contribution in [1.29, 1.82) is 0 Å². The van der Waals surface area contributed by atoms with Gasteiger partial charge in [0.2, 0.25) is 0 Å². The van der Waals surface area contributed by atoms with Crippen molar-refractivity contribution in [2.45, 2.75) is 39.9 Å². The molecule has 2 bridgehead atoms. The number of nitrogens with one attached hydrogen (secondary N) is 1. The van der Waals surface area contributed by atoms with Crippen LogP contribution in [0.5, 0.6) is 0 Å². The molecule has 3 aliphatic carbocycles. The van der Waals surface area contributed by atoms with Crippen LogP contribution in [0.1, 0.15) is 37.8 Å². The van der Waals surface area contributed by atoms with Crippen molar-refractivity contribution in [3.8, 4) is 0 Å². The second-order valence-corrected chi connectivity index (χ2v) is 9.12. The number of hydrogen-bond donors (Lipinski definition) is 1. The lowest BCUT2D eigenvalue weighted by molar-refractivity contribution is -0.0127. The monoisotopic (exact) mass is 434 g/mol. The predicted octanol–water partition coefficient (Wildman–Crippen LogP) is 5.46. The molecule has 2 aromatic rings. The van der Waals surface area contributed by atoms with E-state index in [9.17, 15) is 9.59 Å². The molecule has 1 N–H and O–H groups in total. The maximum atomic E-state index is 12.9. The summed E-state index contributed by atoms with van der Waals surface area (Å²) in [5, 5.41) is 1.23. The maximum absolute atomic E-state index is 12.9. The number of rotatable bonds is 6. The first-order chi connectivity index (χ1) is 15.4. The number of amides is 2. The van der Waals surface area contributed by atoms with E-state index >= 15 is 0 Å². The van der Waals surface area contributed by atoms with Crippen LogP contribution in [-0.2, 0) is 22.7 Å². The molecule has 3 aliphatic rings. The molecule has 2 aromatic carbocycles. The van der Waals surface area contributed by atoms with Crippen LogP contribution in [0.25, 0.3) is 0 Å². The first-order valence-electron chi connectivity index (χ1n) is 11.1. The second kappa shape index (κ2) is 9.47. The number of carbonyl (C=O) groups is 2. The van der Waals surface area contributed by atoms with Crippen molar-refractivity contribution >= 4 is 12.2 Å². The molecule has 6 heteroatoms. The van der Waals surface area contributed by atoms with Crippen molar-refractivity contribution in [3.63, 3.8) is 0 Å². The standard InChI is InChI=1S/C26H30N2O4/c1-26(2)22-14-13-21(23(26)15-22)16-28(25(30)32-18-20-11-7-4-8-12-20)27-24(29)31-17-19-9-5-3-6-10-19/h3-13,22-23H,14-18H2,1-2H3,(H,27,29)/t22-,23-/m1/s1. The summed E-state index contributed by atoms with van der Waals surface area (Å²) in [7, 11) is 0. The predicted molar refractivity (Wildman–Crippen MR) is 121 cm³/mol. The zero-order chi connectivity index (χ0) is 22.6. The van der Waals surface area contributed by atoms with Gasteiger partial charge in [-0.15, -0.1) is 0 Å². The molecular weight excluding hydrogens is 404 g/mol. The van der Waals surface area contributed by atoms with Crippen LogP contribution in [0, 0.1) is 17.3 Å². The highest BCUT2D eigenvalue weighted by molar-refractivity contribution is 5.74. The Labute approximate surface area is 189 Å². The number of allylic oxidation sites excluding steroid dienone is 1. The molecule has 2 amide bonds. The van der Waals surface area contributed by atoms with E-state index in [1.807, 2.05) is 60.7 Å². The number of fused-ring (bicyclic) bond motifs is 1. The first-order valence-corrected chi connectivity index (χ1v) is 11.1. The highest BCUT2D eigenvalue weighted by Crippen LogP contribution is 2.59. The van der Waals surface area contributed by atoms with Crippen molar-refractivity contribution in [2.75, 3.05) is 6.54 Å². The third kappa shape index (κ3) is 4.96. The Bertz CT molecular complexity index is 972. The Balaban J connectivity index is 1.40. The largest absolute Gasteiger partial charge is 0.443 e. The number of hydrogen-bond acceptors (Lipinski definition) is 4. The van der Waals surface area contributed by atoms with E-state index < -0.39 is 12.2 Å². The molecule has 0 spiro atoms. The molecule has 2 atom stereocenters. The van der Waals surface area contributed by atoms with Crippen LogP contribution in [0.15, 0.2) is 72.3 Å². The molecule has 5 rings (SSSR count). The molecule has 0 saturated heterocycles. The van der Waals surface area contributed by atoms with E-state index in [1.54, 1.807) is 0 Å². The van der Waals surface area contributed by atoms with Crippen LogP contribution in [-0.4, -0.2) is 23.7 Å². The number of hydrazine groups is 1. The Hall–Kier alpha value is -3.28. The zero-order valence-electron chi connectivity index (χ0n) is 18.6. The summed E-state index contributed by atoms with van der Waals surface area (Å²) in [5.41, 5.74) is 5.73. The smallest absolute Gasteiger partial charge is 0.429 e. The summed E-state index contributed by atoms with van der Waals surface area (Å²) < 4.78 is 10.8. The normalized spacial score (nSPS) is 20.4. The third-order valence-electron chi connectivity index (χ3n) is 6.79. The molecule has 1 saturated carbocycles. The van der Waals surface area contributed by atoms with Crippen LogP contribution >= 0.6 is 0 Å². The van der Waals surface area contributed by atoms with Crippen LogP contribution in [0.3, 0.4) is 0 Å². The van der Waals surface area contributed by atoms with Crippen molar-refractivity contribution < 1.29 is 19.1 Å². The highest BCUT2D eigenvalue weighted by Gasteiger charge is 2.51. The average molecular weight is 435 g/mol. The van der Waals surface area contributed by atoms with Crippen molar-refractivity contribution in [1.82, 2.24) is 10.4 Å². The lowest BCUT2D eigenvalue weighted by Gasteiger charge is -2.56. The van der Waals surface area contributed by atoms with Crippen LogP contribution in [0.4, 0.5) is 9.59 Å². The van der Waals surface area contributed by atoms with E-state index in [4.69, 9.17) is 9.47 Å². The van der Waals surface area contributed by atoms with E-state index in [0.717, 1.165) is 29.5 Å². The SMILES string of the molecule is CC1(C)[C@@H]2CC=C(CN(NC(=O)OCc3ccccc3)C(=O)OCc3ccccc3)[C@H]1C2. The third-order valence-corrected chi connectivity index (χ3v) is 6.79. The van der Waals surface area contributed by atoms with Gasteiger partial charge in [-0.05, 0) is 46.8 Å². The fourth-order valence-electron chi connectivity index (χ4n) is 4.65. The molecule has 1 fully saturated rings. The molecule has 0 radical (unpaired) electrons. The minimum atomic E-state index is -0.687. The van der Waals surface area contributed by atoms with E-state index in [-0.39, 0.29) is 25.2 Å². The summed E-state index contributed by atoms with van der Waals surface area (Å²) >= 11 is 0. The fraction of sp³-hybridized carbons (Fsp3) is 0.385. The summed E-state index contributed by atoms with van der Waals surface area (Å²) in [4.78, 5) is 25.4. The van der Waals surface area contributed by atoms with Gasteiger partial charge in [0.15, 0.2) is 0 Å². The van der Waals surface area contributed by atoms with E-state index in [0.29, 0.717) is 11.8 Å². The van der Waals surface area contributed by atoms with Gasteiger partial charge in [-0.2, -0.15) is 0 Å². The number of ether oxygens (including phenoxy) is 2. The van der Waals surface area contributed by atoms with Gasteiger partial charge < -0.3 is 9.47 Å². The molecular formula is C26H30N2O4. The Kier molecular flexibility index (Phi) is 6.49. The first kappa shape index (κ1) is 21.9. The number of benzene rings is 2. The second-order valence-electron chi connectivity index (χ2n) is 9.12. The summed E-state index contributed by atoms with van der Waals surface area (Å²) in [6.45, 7) is 5.10. The van der Waals surface area contributed by atoms with E-state index in [1.165, 1.54) is 5.01 Å². The van der Waals surface area contributed by atoms with Crippen molar-refractivity contribution in [2.24, 2.45) is 17.3 Å². The van der Waals surface area contributed by atoms with Gasteiger partial charge in [-0.25, -0.2) is 20.0 Å². The molecule has 32 heavy (non-hydrogen) atoms. The molecule has 6 nitrogen and oxygen atoms in total. The van der Waals surface area contributed by atoms with Gasteiger partial charge >= 0.3 is 12.2 Å². The van der Waals surface area contributed by atoms with Gasteiger partial charge in [0.05, 0.1) is 6.54 Å². The van der Waals surface area contributed by atoms with E-state index in [2.05, 4.69) is 25.3 Å². The fourth-order valence-corrected chi connectivity index (χ4v) is 4.65. The Morgan fingerprint density at radius 3 is 2.12 bits per heavy atom. The summed E-state index contributed by atoms with van der Waals surface area (Å²) in [5.74, 6) is 1.10. The van der Waals surface area contributed by atoms with Gasteiger partial charge in [0.25, 0.3) is 0 Å². The van der Waals surface area contributed by atoms with Gasteiger partial charge in [0, 0.05) is 0 Å². The van der Waals surface area contributed by atoms with Gasteiger partial charge in [-0.1, -0.05) is 80.6 Å². The summed E-state index contributed by atoms with van der Waals surface area (Å²) in [6, 6.07) is 18.9. The highest BCUT2D eigenvalue weighted by atomic mass is 16.6. The minimum absolute atomic E-state index is 0.125. The van der Waals surface area contributed by atoms with Gasteiger partial charge in [0.1, 0.15) is 13.2 Å². The molecule has 0 heterocycles. The Morgan fingerprint density at radius 2 is 1.56 bits per heavy atom. The number of carbonyl (C=O) groups excluding carboxylic acids is 2. The maximum Gasteiger partial charge on any atom is 0.429 e. The van der Waals surface area contributed by atoms with Crippen LogP contribution in [0.2, 0.25) is 0 Å². The lowest BCUT2D eigenvalue weighted by Crippen LogP contribution is -2.53. The lowest BCUT2D eigenvalue weighted by atomic mass is 9.49. The Morgan fingerprint density at radius 1 is 0.969 bits per heavy atom. The van der Waals surface area contributed by atoms with Gasteiger partial charge in [-0.3, -0.25) is 0 Å².